The van der Waals surface area contributed by atoms with Crippen LogP contribution in [-0.2, 0) is 6.54 Å². The Balaban J connectivity index is 1.62. The van der Waals surface area contributed by atoms with Gasteiger partial charge in [0.15, 0.2) is 11.5 Å². The number of hydrogen-bond donors (Lipinski definition) is 1. The zero-order chi connectivity index (χ0) is 20.0. The molecule has 148 valence electrons. The number of amides is 1. The summed E-state index contributed by atoms with van der Waals surface area (Å²) in [6, 6.07) is 13.8. The van der Waals surface area contributed by atoms with Gasteiger partial charge >= 0.3 is 0 Å². The molecule has 29 heavy (non-hydrogen) atoms. The summed E-state index contributed by atoms with van der Waals surface area (Å²) >= 11 is 0. The number of likely N-dealkylation sites (N-methyl/N-ethyl adjacent to an activating group) is 1. The van der Waals surface area contributed by atoms with Crippen LogP contribution in [0.1, 0.15) is 15.9 Å². The monoisotopic (exact) mass is 390 g/mol. The van der Waals surface area contributed by atoms with E-state index in [0.717, 1.165) is 56.8 Å². The van der Waals surface area contributed by atoms with Crippen molar-refractivity contribution >= 4 is 16.7 Å². The Bertz CT molecular complexity index is 1110. The van der Waals surface area contributed by atoms with Crippen LogP contribution in [0.3, 0.4) is 0 Å². The molecule has 0 unspecified atom stereocenters. The number of benzene rings is 3. The molecule has 6 heteroatoms. The molecular weight excluding hydrogens is 368 g/mol. The van der Waals surface area contributed by atoms with E-state index >= 15 is 0 Å². The Labute approximate surface area is 169 Å². The lowest BCUT2D eigenvalue weighted by Gasteiger charge is -2.15. The number of hydrogen-bond acceptors (Lipinski definition) is 5. The van der Waals surface area contributed by atoms with Crippen molar-refractivity contribution in [2.24, 2.45) is 0 Å². The lowest BCUT2D eigenvalue weighted by atomic mass is 9.90. The van der Waals surface area contributed by atoms with Gasteiger partial charge in [0, 0.05) is 24.0 Å². The lowest BCUT2D eigenvalue weighted by Crippen LogP contribution is -2.19. The van der Waals surface area contributed by atoms with Gasteiger partial charge in [-0.3, -0.25) is 4.79 Å². The first kappa shape index (κ1) is 17.8. The fourth-order valence-electron chi connectivity index (χ4n) is 3.93. The van der Waals surface area contributed by atoms with E-state index in [1.165, 1.54) is 0 Å². The summed E-state index contributed by atoms with van der Waals surface area (Å²) in [7, 11) is 4.04. The number of fused-ring (bicyclic) bond motifs is 4. The number of rotatable bonds is 5. The molecule has 0 aliphatic carbocycles. The molecule has 1 amide bonds. The van der Waals surface area contributed by atoms with Gasteiger partial charge in [0.05, 0.1) is 0 Å². The zero-order valence-electron chi connectivity index (χ0n) is 16.5. The molecule has 3 aromatic carbocycles. The zero-order valence-corrected chi connectivity index (χ0v) is 16.5. The first-order valence-corrected chi connectivity index (χ1v) is 9.66. The second-order valence-electron chi connectivity index (χ2n) is 7.53. The number of nitrogens with zero attached hydrogens (tertiary/aromatic N) is 1. The van der Waals surface area contributed by atoms with E-state index in [1.54, 1.807) is 0 Å². The molecule has 0 saturated carbocycles. The van der Waals surface area contributed by atoms with Crippen molar-refractivity contribution in [3.05, 3.63) is 53.6 Å². The maximum atomic E-state index is 12.4. The highest BCUT2D eigenvalue weighted by molar-refractivity contribution is 6.11. The Morgan fingerprint density at radius 2 is 1.93 bits per heavy atom. The average Bonchev–Trinajstić information content (AvgIpc) is 3.34. The van der Waals surface area contributed by atoms with Gasteiger partial charge in [0.2, 0.25) is 6.79 Å². The van der Waals surface area contributed by atoms with Crippen molar-refractivity contribution in [3.8, 4) is 28.4 Å². The molecule has 5 rings (SSSR count). The third-order valence-electron chi connectivity index (χ3n) is 5.37. The van der Waals surface area contributed by atoms with E-state index in [9.17, 15) is 4.79 Å². The molecule has 2 aliphatic rings. The maximum absolute atomic E-state index is 12.4. The SMILES string of the molecule is CN(C)CCOc1ccc(-c2c3c(cc4ccc5c(c24)OCO5)C(=O)NC3)cc1. The van der Waals surface area contributed by atoms with Crippen LogP contribution in [-0.4, -0.2) is 44.8 Å². The Morgan fingerprint density at radius 3 is 2.72 bits per heavy atom. The van der Waals surface area contributed by atoms with Crippen molar-refractivity contribution in [1.82, 2.24) is 10.2 Å². The molecule has 0 radical (unpaired) electrons. The van der Waals surface area contributed by atoms with Crippen molar-refractivity contribution in [1.29, 1.82) is 0 Å². The van der Waals surface area contributed by atoms with Gasteiger partial charge in [-0.25, -0.2) is 0 Å². The Hall–Kier alpha value is -3.25. The highest BCUT2D eigenvalue weighted by Crippen LogP contribution is 2.46. The van der Waals surface area contributed by atoms with Crippen LogP contribution in [0.15, 0.2) is 42.5 Å². The molecule has 2 aliphatic heterocycles. The van der Waals surface area contributed by atoms with E-state index in [-0.39, 0.29) is 12.7 Å². The molecule has 0 aromatic heterocycles. The minimum Gasteiger partial charge on any atom is -0.492 e. The van der Waals surface area contributed by atoms with Gasteiger partial charge in [-0.2, -0.15) is 0 Å². The van der Waals surface area contributed by atoms with Crippen LogP contribution >= 0.6 is 0 Å². The van der Waals surface area contributed by atoms with Crippen LogP contribution in [0, 0.1) is 0 Å². The molecule has 2 heterocycles. The van der Waals surface area contributed by atoms with Gasteiger partial charge in [-0.05, 0) is 60.4 Å². The summed E-state index contributed by atoms with van der Waals surface area (Å²) in [4.78, 5) is 14.4. The number of carbonyl (C=O) groups is 1. The minimum atomic E-state index is -0.0375. The van der Waals surface area contributed by atoms with E-state index in [0.29, 0.717) is 13.2 Å². The number of nitrogens with one attached hydrogen (secondary N) is 1. The van der Waals surface area contributed by atoms with Gasteiger partial charge in [-0.1, -0.05) is 18.2 Å². The van der Waals surface area contributed by atoms with Crippen LogP contribution in [0.2, 0.25) is 0 Å². The van der Waals surface area contributed by atoms with Gasteiger partial charge < -0.3 is 24.4 Å². The standard InChI is InChI=1S/C23H22N2O4/c1-25(2)9-10-27-16-6-3-14(4-7-16)20-18-12-24-23(26)17(18)11-15-5-8-19-22(21(15)20)29-13-28-19/h3-8,11H,9-10,12-13H2,1-2H3,(H,24,26). The molecule has 0 atom stereocenters. The molecule has 0 saturated heterocycles. The third kappa shape index (κ3) is 3.06. The summed E-state index contributed by atoms with van der Waals surface area (Å²) in [5, 5.41) is 4.89. The second kappa shape index (κ2) is 6.97. The maximum Gasteiger partial charge on any atom is 0.251 e. The summed E-state index contributed by atoms with van der Waals surface area (Å²) in [6.07, 6.45) is 0. The van der Waals surface area contributed by atoms with Gasteiger partial charge in [0.25, 0.3) is 5.91 Å². The van der Waals surface area contributed by atoms with Crippen LogP contribution in [0.5, 0.6) is 17.2 Å². The van der Waals surface area contributed by atoms with Crippen LogP contribution in [0.4, 0.5) is 0 Å². The highest BCUT2D eigenvalue weighted by atomic mass is 16.7. The highest BCUT2D eigenvalue weighted by Gasteiger charge is 2.28. The van der Waals surface area contributed by atoms with Crippen molar-refractivity contribution < 1.29 is 19.0 Å². The largest absolute Gasteiger partial charge is 0.492 e. The molecule has 6 nitrogen and oxygen atoms in total. The predicted octanol–water partition coefficient (Wildman–Crippen LogP) is 3.42. The van der Waals surface area contributed by atoms with Crippen molar-refractivity contribution in [3.63, 3.8) is 0 Å². The van der Waals surface area contributed by atoms with E-state index in [4.69, 9.17) is 14.2 Å². The number of carbonyl (C=O) groups excluding carboxylic acids is 1. The predicted molar refractivity (Wildman–Crippen MR) is 111 cm³/mol. The fourth-order valence-corrected chi connectivity index (χ4v) is 3.93. The topological polar surface area (TPSA) is 60.0 Å². The second-order valence-corrected chi connectivity index (χ2v) is 7.53. The first-order valence-electron chi connectivity index (χ1n) is 9.66. The quantitative estimate of drug-likeness (QED) is 0.723. The van der Waals surface area contributed by atoms with E-state index < -0.39 is 0 Å². The van der Waals surface area contributed by atoms with Crippen molar-refractivity contribution in [2.45, 2.75) is 6.54 Å². The fraction of sp³-hybridized carbons (Fsp3) is 0.261. The average molecular weight is 390 g/mol. The molecule has 0 fully saturated rings. The molecule has 1 N–H and O–H groups in total. The number of ether oxygens (including phenoxy) is 3. The van der Waals surface area contributed by atoms with E-state index in [2.05, 4.69) is 10.2 Å². The summed E-state index contributed by atoms with van der Waals surface area (Å²) < 4.78 is 17.2. The van der Waals surface area contributed by atoms with Gasteiger partial charge in [-0.15, -0.1) is 0 Å². The van der Waals surface area contributed by atoms with E-state index in [1.807, 2.05) is 56.6 Å². The third-order valence-corrected chi connectivity index (χ3v) is 5.37. The smallest absolute Gasteiger partial charge is 0.251 e. The summed E-state index contributed by atoms with van der Waals surface area (Å²) in [6.45, 7) is 2.20. The Kier molecular flexibility index (Phi) is 4.28. The summed E-state index contributed by atoms with van der Waals surface area (Å²) in [5.74, 6) is 2.27. The summed E-state index contributed by atoms with van der Waals surface area (Å²) in [5.41, 5.74) is 3.75. The molecular formula is C23H22N2O4. The van der Waals surface area contributed by atoms with Gasteiger partial charge in [0.1, 0.15) is 12.4 Å². The first-order chi connectivity index (χ1) is 14.1. The normalized spacial score (nSPS) is 14.4. The van der Waals surface area contributed by atoms with Crippen LogP contribution in [0.25, 0.3) is 21.9 Å². The molecule has 0 spiro atoms. The minimum absolute atomic E-state index is 0.0375. The van der Waals surface area contributed by atoms with Crippen molar-refractivity contribution in [2.75, 3.05) is 34.0 Å². The Morgan fingerprint density at radius 1 is 1.10 bits per heavy atom. The molecule has 3 aromatic rings. The van der Waals surface area contributed by atoms with Crippen LogP contribution < -0.4 is 19.5 Å². The molecule has 0 bridgehead atoms. The lowest BCUT2D eigenvalue weighted by molar-refractivity contribution is 0.0966.